The van der Waals surface area contributed by atoms with Crippen LogP contribution in [0, 0.1) is 10.2 Å². The predicted octanol–water partition coefficient (Wildman–Crippen LogP) is -1.48. The molecule has 1 heterocycles. The molecule has 13 heavy (non-hydrogen) atoms. The molecule has 0 radical (unpaired) electrons. The Bertz CT molecular complexity index is 479. The summed E-state index contributed by atoms with van der Waals surface area (Å²) in [6, 6.07) is 0. The van der Waals surface area contributed by atoms with Crippen LogP contribution in [0.1, 0.15) is 0 Å². The minimum absolute atomic E-state index is 0.0505. The molecule has 1 rings (SSSR count). The van der Waals surface area contributed by atoms with Crippen molar-refractivity contribution >= 4 is 22.2 Å². The minimum atomic E-state index is -2.46. The molecule has 1 aromatic rings. The number of nitrogens with zero attached hydrogens (tertiary/aromatic N) is 2. The van der Waals surface area contributed by atoms with Gasteiger partial charge in [-0.2, -0.15) is 13.4 Å². The highest BCUT2D eigenvalue weighted by Crippen LogP contribution is 1.90. The van der Waals surface area contributed by atoms with E-state index in [1.807, 2.05) is 0 Å². The molecule has 8 nitrogen and oxygen atoms in total. The maximum Gasteiger partial charge on any atom is 0.258 e. The molecular weight excluding hydrogens is 196 g/mol. The second kappa shape index (κ2) is 3.67. The third kappa shape index (κ3) is 2.56. The molecule has 0 aliphatic carbocycles. The Kier molecular flexibility index (Phi) is 2.59. The first-order valence-electron chi connectivity index (χ1n) is 3.04. The summed E-state index contributed by atoms with van der Waals surface area (Å²) in [6.07, 6.45) is 1.13. The van der Waals surface area contributed by atoms with Gasteiger partial charge in [0.05, 0.1) is 6.33 Å². The summed E-state index contributed by atoms with van der Waals surface area (Å²) in [7, 11) is -2.46. The minimum Gasteiger partial charge on any atom is -0.370 e. The average molecular weight is 202 g/mol. The average Bonchev–Trinajstić information content (AvgIpc) is 2.03. The fourth-order valence-electron chi connectivity index (χ4n) is 0.572. The first kappa shape index (κ1) is 9.19. The molecule has 0 aliphatic heterocycles. The highest BCUT2D eigenvalue weighted by Gasteiger charge is 1.95. The zero-order valence-electron chi connectivity index (χ0n) is 6.27. The molecular formula is C4H6N6O2S. The van der Waals surface area contributed by atoms with E-state index in [9.17, 15) is 8.42 Å². The molecule has 0 saturated heterocycles. The van der Waals surface area contributed by atoms with E-state index in [4.69, 9.17) is 11.1 Å². The Balaban J connectivity index is 3.22. The Labute approximate surface area is 73.9 Å². The van der Waals surface area contributed by atoms with Crippen LogP contribution in [0.3, 0.4) is 0 Å². The summed E-state index contributed by atoms with van der Waals surface area (Å²) in [4.78, 5) is 9.39. The van der Waals surface area contributed by atoms with Crippen molar-refractivity contribution in [3.63, 3.8) is 0 Å². The standard InChI is InChI=1S/C4H6N6O2S/c5-2(6)9-3-7-1-8-4(10-3)13(11)12/h1H,(H5,5,6,7,8,9,10). The predicted molar refractivity (Wildman–Crippen MR) is 44.1 cm³/mol. The lowest BCUT2D eigenvalue weighted by atomic mass is 10.8. The fourth-order valence-corrected chi connectivity index (χ4v) is 0.882. The van der Waals surface area contributed by atoms with E-state index in [1.54, 1.807) is 0 Å². The quantitative estimate of drug-likeness (QED) is 0.249. The summed E-state index contributed by atoms with van der Waals surface area (Å²) < 4.78 is 20.5. The van der Waals surface area contributed by atoms with Gasteiger partial charge in [0.1, 0.15) is 0 Å². The highest BCUT2D eigenvalue weighted by atomic mass is 32.2. The van der Waals surface area contributed by atoms with Gasteiger partial charge in [-0.1, -0.05) is 0 Å². The number of aromatic amines is 1. The molecule has 0 fully saturated rings. The van der Waals surface area contributed by atoms with Gasteiger partial charge in [-0.25, -0.2) is 4.98 Å². The topological polar surface area (TPSA) is 138 Å². The van der Waals surface area contributed by atoms with Gasteiger partial charge < -0.3 is 10.7 Å². The van der Waals surface area contributed by atoms with Gasteiger partial charge in [0.15, 0.2) is 5.96 Å². The van der Waals surface area contributed by atoms with E-state index in [-0.39, 0.29) is 16.7 Å². The molecule has 1 aromatic heterocycles. The van der Waals surface area contributed by atoms with Crippen LogP contribution in [0.25, 0.3) is 0 Å². The van der Waals surface area contributed by atoms with Crippen molar-refractivity contribution in [3.05, 3.63) is 11.1 Å². The second-order valence-electron chi connectivity index (χ2n) is 1.92. The van der Waals surface area contributed by atoms with Crippen LogP contribution in [0.5, 0.6) is 0 Å². The van der Waals surface area contributed by atoms with Gasteiger partial charge in [0.25, 0.3) is 15.1 Å². The monoisotopic (exact) mass is 202 g/mol. The first-order valence-corrected chi connectivity index (χ1v) is 4.12. The number of nitrogens with one attached hydrogen (secondary N) is 3. The van der Waals surface area contributed by atoms with Crippen molar-refractivity contribution < 1.29 is 8.42 Å². The zero-order chi connectivity index (χ0) is 9.84. The number of nitrogens with two attached hydrogens (primary N) is 1. The van der Waals surface area contributed by atoms with E-state index < -0.39 is 10.3 Å². The third-order valence-electron chi connectivity index (χ3n) is 0.987. The van der Waals surface area contributed by atoms with E-state index in [1.165, 1.54) is 0 Å². The summed E-state index contributed by atoms with van der Waals surface area (Å²) in [5.74, 6) is -0.417. The molecule has 0 atom stereocenters. The first-order chi connectivity index (χ1) is 6.09. The molecule has 0 unspecified atom stereocenters. The summed E-state index contributed by atoms with van der Waals surface area (Å²) in [5, 5.41) is 9.08. The number of hydrogen-bond donors (Lipinski definition) is 4. The lowest BCUT2D eigenvalue weighted by Gasteiger charge is -1.98. The van der Waals surface area contributed by atoms with Crippen molar-refractivity contribution in [3.8, 4) is 0 Å². The van der Waals surface area contributed by atoms with Gasteiger partial charge in [-0.15, -0.1) is 0 Å². The molecule has 0 amide bonds. The van der Waals surface area contributed by atoms with Gasteiger partial charge in [-0.05, 0) is 0 Å². The smallest absolute Gasteiger partial charge is 0.258 e. The van der Waals surface area contributed by atoms with E-state index in [0.717, 1.165) is 6.33 Å². The maximum absolute atomic E-state index is 10.4. The van der Waals surface area contributed by atoms with Crippen LogP contribution in [0.15, 0.2) is 6.33 Å². The second-order valence-corrected chi connectivity index (χ2v) is 2.77. The lowest BCUT2D eigenvalue weighted by molar-refractivity contribution is 0.623. The summed E-state index contributed by atoms with van der Waals surface area (Å²) in [6.45, 7) is 0. The number of aromatic nitrogens is 3. The van der Waals surface area contributed by atoms with Crippen LogP contribution in [0.2, 0.25) is 0 Å². The van der Waals surface area contributed by atoms with Crippen molar-refractivity contribution in [1.29, 1.82) is 5.41 Å². The Morgan fingerprint density at radius 1 is 1.69 bits per heavy atom. The molecule has 9 heteroatoms. The maximum atomic E-state index is 10.4. The normalized spacial score (nSPS) is 9.23. The van der Waals surface area contributed by atoms with Crippen LogP contribution in [0.4, 0.5) is 5.95 Å². The fraction of sp³-hybridized carbons (Fsp3) is 0. The van der Waals surface area contributed by atoms with Crippen LogP contribution in [-0.2, 0) is 10.3 Å². The number of rotatable bonds is 1. The largest absolute Gasteiger partial charge is 0.370 e. The molecule has 0 aromatic carbocycles. The van der Waals surface area contributed by atoms with E-state index in [2.05, 4.69) is 20.3 Å². The molecule has 5 N–H and O–H groups in total. The summed E-state index contributed by atoms with van der Waals surface area (Å²) >= 11 is 0. The van der Waals surface area contributed by atoms with Gasteiger partial charge >= 0.3 is 0 Å². The summed E-state index contributed by atoms with van der Waals surface area (Å²) in [5.41, 5.74) is 4.98. The van der Waals surface area contributed by atoms with Crippen LogP contribution in [-0.4, -0.2) is 29.3 Å². The number of hydrogen-bond acceptors (Lipinski definition) is 5. The van der Waals surface area contributed by atoms with Gasteiger partial charge in [0, 0.05) is 0 Å². The van der Waals surface area contributed by atoms with Crippen molar-refractivity contribution in [1.82, 2.24) is 15.0 Å². The Hall–Kier alpha value is -1.90. The van der Waals surface area contributed by atoms with Crippen LogP contribution >= 0.6 is 0 Å². The lowest BCUT2D eigenvalue weighted by Crippen LogP contribution is -2.22. The Morgan fingerprint density at radius 3 is 2.92 bits per heavy atom. The van der Waals surface area contributed by atoms with E-state index >= 15 is 0 Å². The highest BCUT2D eigenvalue weighted by molar-refractivity contribution is 7.63. The zero-order valence-corrected chi connectivity index (χ0v) is 7.09. The molecule has 0 bridgehead atoms. The Morgan fingerprint density at radius 2 is 2.38 bits per heavy atom. The van der Waals surface area contributed by atoms with Gasteiger partial charge in [0.2, 0.25) is 5.95 Å². The molecule has 70 valence electrons. The molecule has 0 spiro atoms. The number of H-pyrrole nitrogens is 1. The molecule has 0 aliphatic rings. The van der Waals surface area contributed by atoms with Crippen molar-refractivity contribution in [2.75, 3.05) is 5.32 Å². The van der Waals surface area contributed by atoms with Crippen LogP contribution < -0.4 is 11.1 Å². The van der Waals surface area contributed by atoms with E-state index in [0.29, 0.717) is 0 Å². The number of guanidine groups is 1. The third-order valence-corrected chi connectivity index (χ3v) is 1.51. The molecule has 0 saturated carbocycles. The van der Waals surface area contributed by atoms with Gasteiger partial charge in [-0.3, -0.25) is 10.7 Å². The van der Waals surface area contributed by atoms with Crippen molar-refractivity contribution in [2.45, 2.75) is 0 Å². The number of anilines is 1. The SMILES string of the molecule is N=C(N)Nc1nc[nH]c(=S(=O)=O)n1. The van der Waals surface area contributed by atoms with Crippen molar-refractivity contribution in [2.24, 2.45) is 5.73 Å².